The molecule has 4 rings (SSSR count). The molecule has 0 radical (unpaired) electrons. The third-order valence-corrected chi connectivity index (χ3v) is 7.34. The summed E-state index contributed by atoms with van der Waals surface area (Å²) in [5.74, 6) is 0.401. The number of ether oxygens (including phenoxy) is 1. The summed E-state index contributed by atoms with van der Waals surface area (Å²) < 4.78 is 32.3. The number of nitrogens with zero attached hydrogens (tertiary/aromatic N) is 2. The summed E-state index contributed by atoms with van der Waals surface area (Å²) in [5, 5.41) is 3.95. The predicted octanol–water partition coefficient (Wildman–Crippen LogP) is 4.46. The molecule has 0 spiro atoms. The smallest absolute Gasteiger partial charge is 0.229 e. The van der Waals surface area contributed by atoms with E-state index in [1.54, 1.807) is 29.7 Å². The van der Waals surface area contributed by atoms with Gasteiger partial charge in [0.05, 0.1) is 40.6 Å². The van der Waals surface area contributed by atoms with Gasteiger partial charge in [-0.3, -0.25) is 9.71 Å². The van der Waals surface area contributed by atoms with E-state index in [9.17, 15) is 8.42 Å². The highest BCUT2D eigenvalue weighted by atomic mass is 79.9. The number of anilines is 2. The third kappa shape index (κ3) is 4.69. The van der Waals surface area contributed by atoms with Crippen LogP contribution in [0.5, 0.6) is 5.75 Å². The molecule has 2 atom stereocenters. The number of pyridine rings is 1. The summed E-state index contributed by atoms with van der Waals surface area (Å²) in [4.78, 5) is 7.65. The Kier molecular flexibility index (Phi) is 6.20. The van der Waals surface area contributed by atoms with Crippen molar-refractivity contribution in [3.05, 3.63) is 69.1 Å². The highest BCUT2D eigenvalue weighted by Crippen LogP contribution is 2.45. The van der Waals surface area contributed by atoms with Crippen molar-refractivity contribution in [1.82, 2.24) is 10.3 Å². The van der Waals surface area contributed by atoms with Crippen molar-refractivity contribution in [2.75, 3.05) is 23.0 Å². The second-order valence-corrected chi connectivity index (χ2v) is 11.5. The van der Waals surface area contributed by atoms with Crippen molar-refractivity contribution in [2.45, 2.75) is 12.1 Å². The molecular weight excluding hydrogens is 520 g/mol. The first-order valence-electron chi connectivity index (χ1n) is 9.18. The Hall–Kier alpha value is -2.21. The minimum absolute atomic E-state index is 0.142. The summed E-state index contributed by atoms with van der Waals surface area (Å²) in [6.45, 7) is 0. The van der Waals surface area contributed by atoms with Crippen LogP contribution in [-0.2, 0) is 10.0 Å². The van der Waals surface area contributed by atoms with E-state index >= 15 is 0 Å². The summed E-state index contributed by atoms with van der Waals surface area (Å²) >= 11 is 10.9. The number of hydrogen-bond donors (Lipinski definition) is 2. The van der Waals surface area contributed by atoms with Crippen LogP contribution in [0.4, 0.5) is 11.4 Å². The van der Waals surface area contributed by atoms with Gasteiger partial charge in [-0.25, -0.2) is 8.42 Å². The zero-order chi connectivity index (χ0) is 22.2. The summed E-state index contributed by atoms with van der Waals surface area (Å²) in [7, 11) is -1.94. The molecule has 162 valence electrons. The standard InChI is InChI=1S/C20H19BrN4O3S3/c1-28-15-11-12(6-7-13(15)24-31(2,26)27)25-19(16-8-9-17(21)30-16)18(23-20(25)29)14-5-3-4-10-22-14/h3-11,18-19,24H,1-2H3,(H,23,29)/t18-,19+/m1/s1. The number of sulfonamides is 1. The molecule has 11 heteroatoms. The van der Waals surface area contributed by atoms with Gasteiger partial charge in [0.15, 0.2) is 5.11 Å². The molecule has 31 heavy (non-hydrogen) atoms. The average molecular weight is 540 g/mol. The van der Waals surface area contributed by atoms with E-state index in [4.69, 9.17) is 17.0 Å². The fourth-order valence-corrected chi connectivity index (χ4v) is 5.99. The molecule has 2 N–H and O–H groups in total. The first-order chi connectivity index (χ1) is 14.8. The minimum Gasteiger partial charge on any atom is -0.494 e. The maximum Gasteiger partial charge on any atom is 0.229 e. The Morgan fingerprint density at radius 3 is 2.68 bits per heavy atom. The monoisotopic (exact) mass is 538 g/mol. The third-order valence-electron chi connectivity index (χ3n) is 4.74. The van der Waals surface area contributed by atoms with E-state index in [0.717, 1.165) is 26.3 Å². The summed E-state index contributed by atoms with van der Waals surface area (Å²) in [6.07, 6.45) is 2.86. The van der Waals surface area contributed by atoms with Crippen LogP contribution in [0.15, 0.2) is 58.5 Å². The van der Waals surface area contributed by atoms with Crippen LogP contribution in [0.2, 0.25) is 0 Å². The number of thiophene rings is 1. The number of methoxy groups -OCH3 is 1. The average Bonchev–Trinajstić information content (AvgIpc) is 3.30. The summed E-state index contributed by atoms with van der Waals surface area (Å²) in [6, 6.07) is 14.8. The van der Waals surface area contributed by atoms with Gasteiger partial charge in [-0.2, -0.15) is 0 Å². The van der Waals surface area contributed by atoms with Crippen molar-refractivity contribution < 1.29 is 13.2 Å². The fourth-order valence-electron chi connectivity index (χ4n) is 3.52. The number of hydrogen-bond acceptors (Lipinski definition) is 6. The van der Waals surface area contributed by atoms with Gasteiger partial charge in [0, 0.05) is 22.8 Å². The van der Waals surface area contributed by atoms with Gasteiger partial charge >= 0.3 is 0 Å². The maximum atomic E-state index is 11.7. The zero-order valence-electron chi connectivity index (χ0n) is 16.6. The normalized spacial score (nSPS) is 18.7. The Balaban J connectivity index is 1.79. The van der Waals surface area contributed by atoms with E-state index in [1.165, 1.54) is 7.11 Å². The molecular formula is C20H19BrN4O3S3. The van der Waals surface area contributed by atoms with Crippen molar-refractivity contribution in [1.29, 1.82) is 0 Å². The number of nitrogens with one attached hydrogen (secondary N) is 2. The molecule has 0 amide bonds. The Bertz CT molecular complexity index is 1220. The Labute approximate surface area is 198 Å². The number of thiocarbonyl (C=S) groups is 1. The molecule has 1 aromatic carbocycles. The molecule has 0 unspecified atom stereocenters. The van der Waals surface area contributed by atoms with Gasteiger partial charge in [0.25, 0.3) is 0 Å². The van der Waals surface area contributed by atoms with Crippen molar-refractivity contribution in [3.8, 4) is 5.75 Å². The van der Waals surface area contributed by atoms with Crippen LogP contribution in [0, 0.1) is 0 Å². The highest BCUT2D eigenvalue weighted by molar-refractivity contribution is 9.11. The molecule has 1 fully saturated rings. The quantitative estimate of drug-likeness (QED) is 0.448. The molecule has 0 saturated carbocycles. The molecule has 3 aromatic rings. The first kappa shape index (κ1) is 22.0. The van der Waals surface area contributed by atoms with Crippen molar-refractivity contribution in [2.24, 2.45) is 0 Å². The van der Waals surface area contributed by atoms with Crippen molar-refractivity contribution in [3.63, 3.8) is 0 Å². The topological polar surface area (TPSA) is 83.6 Å². The highest BCUT2D eigenvalue weighted by Gasteiger charge is 2.41. The van der Waals surface area contributed by atoms with E-state index in [0.29, 0.717) is 16.5 Å². The SMILES string of the molecule is COc1cc(N2C(=S)N[C@H](c3ccccn3)[C@@H]2c2ccc(Br)s2)ccc1NS(C)(=O)=O. The van der Waals surface area contributed by atoms with Gasteiger partial charge < -0.3 is 15.0 Å². The predicted molar refractivity (Wildman–Crippen MR) is 131 cm³/mol. The molecule has 2 aromatic heterocycles. The molecule has 3 heterocycles. The van der Waals surface area contributed by atoms with E-state index in [-0.39, 0.29) is 12.1 Å². The molecule has 1 saturated heterocycles. The van der Waals surface area contributed by atoms with Crippen LogP contribution in [0.3, 0.4) is 0 Å². The molecule has 1 aliphatic rings. The molecule has 7 nitrogen and oxygen atoms in total. The molecule has 0 aliphatic carbocycles. The van der Waals surface area contributed by atoms with Gasteiger partial charge in [0.1, 0.15) is 5.75 Å². The minimum atomic E-state index is -3.44. The number of halogens is 1. The van der Waals surface area contributed by atoms with Crippen LogP contribution in [0.25, 0.3) is 0 Å². The van der Waals surface area contributed by atoms with Gasteiger partial charge in [-0.05, 0) is 64.5 Å². The molecule has 1 aliphatic heterocycles. The lowest BCUT2D eigenvalue weighted by Gasteiger charge is -2.27. The lowest BCUT2D eigenvalue weighted by atomic mass is 10.0. The van der Waals surface area contributed by atoms with Crippen LogP contribution in [-0.4, -0.2) is 31.9 Å². The number of rotatable bonds is 6. The van der Waals surface area contributed by atoms with E-state index in [1.807, 2.05) is 35.2 Å². The van der Waals surface area contributed by atoms with Crippen LogP contribution in [0.1, 0.15) is 22.7 Å². The second kappa shape index (κ2) is 8.73. The van der Waals surface area contributed by atoms with Gasteiger partial charge in [-0.15, -0.1) is 11.3 Å². The maximum absolute atomic E-state index is 11.7. The Morgan fingerprint density at radius 1 is 1.26 bits per heavy atom. The Morgan fingerprint density at radius 2 is 2.06 bits per heavy atom. The second-order valence-electron chi connectivity index (χ2n) is 6.90. The molecule has 0 bridgehead atoms. The van der Waals surface area contributed by atoms with Crippen molar-refractivity contribution >= 4 is 66.0 Å². The number of benzene rings is 1. The van der Waals surface area contributed by atoms with Crippen LogP contribution < -0.4 is 19.7 Å². The lowest BCUT2D eigenvalue weighted by molar-refractivity contribution is 0.417. The fraction of sp³-hybridized carbons (Fsp3) is 0.200. The number of aromatic nitrogens is 1. The van der Waals surface area contributed by atoms with Gasteiger partial charge in [0.2, 0.25) is 10.0 Å². The van der Waals surface area contributed by atoms with Crippen LogP contribution >= 0.6 is 39.5 Å². The summed E-state index contributed by atoms with van der Waals surface area (Å²) in [5.41, 5.74) is 2.02. The largest absolute Gasteiger partial charge is 0.494 e. The van der Waals surface area contributed by atoms with E-state index < -0.39 is 10.0 Å². The lowest BCUT2D eigenvalue weighted by Crippen LogP contribution is -2.29. The zero-order valence-corrected chi connectivity index (χ0v) is 20.6. The van der Waals surface area contributed by atoms with E-state index in [2.05, 4.69) is 37.0 Å². The van der Waals surface area contributed by atoms with Gasteiger partial charge in [-0.1, -0.05) is 6.07 Å². The first-order valence-corrected chi connectivity index (χ1v) is 13.1.